The highest BCUT2D eigenvalue weighted by Crippen LogP contribution is 2.15. The van der Waals surface area contributed by atoms with E-state index in [4.69, 9.17) is 4.74 Å². The van der Waals surface area contributed by atoms with Crippen molar-refractivity contribution in [3.8, 4) is 0 Å². The molecule has 3 rings (SSSR count). The topological polar surface area (TPSA) is 68.2 Å². The third kappa shape index (κ3) is 3.83. The number of amides is 1. The molecular weight excluding hydrogens is 304 g/mol. The Bertz CT molecular complexity index is 691. The van der Waals surface area contributed by atoms with Crippen LogP contribution in [0.3, 0.4) is 0 Å². The lowest BCUT2D eigenvalue weighted by atomic mass is 10.2. The standard InChI is InChI=1S/C18H24N4O2/c1-13-16(10-20-18(23)17-11-19-8-9-24-17)14(2)22(21-13)12-15-6-4-3-5-7-15/h3-7,17,19H,8-12H2,1-2H3,(H,20,23). The molecule has 1 atom stereocenters. The molecule has 2 heterocycles. The fourth-order valence-corrected chi connectivity index (χ4v) is 2.92. The second-order valence-corrected chi connectivity index (χ2v) is 6.07. The lowest BCUT2D eigenvalue weighted by molar-refractivity contribution is -0.134. The number of nitrogens with one attached hydrogen (secondary N) is 2. The average molecular weight is 328 g/mol. The minimum Gasteiger partial charge on any atom is -0.366 e. The van der Waals surface area contributed by atoms with Gasteiger partial charge in [-0.3, -0.25) is 9.48 Å². The zero-order valence-electron chi connectivity index (χ0n) is 14.2. The molecule has 6 heteroatoms. The normalized spacial score (nSPS) is 17.7. The van der Waals surface area contributed by atoms with Gasteiger partial charge in [-0.1, -0.05) is 30.3 Å². The van der Waals surface area contributed by atoms with Crippen molar-refractivity contribution >= 4 is 5.91 Å². The Hall–Kier alpha value is -2.18. The van der Waals surface area contributed by atoms with Gasteiger partial charge in [-0.25, -0.2) is 0 Å². The Morgan fingerprint density at radius 2 is 2.17 bits per heavy atom. The summed E-state index contributed by atoms with van der Waals surface area (Å²) in [6.45, 7) is 7.18. The lowest BCUT2D eigenvalue weighted by Crippen LogP contribution is -2.47. The fourth-order valence-electron chi connectivity index (χ4n) is 2.92. The number of ether oxygens (including phenoxy) is 1. The van der Waals surface area contributed by atoms with Crippen molar-refractivity contribution in [2.75, 3.05) is 19.7 Å². The predicted molar refractivity (Wildman–Crippen MR) is 91.7 cm³/mol. The zero-order chi connectivity index (χ0) is 16.9. The van der Waals surface area contributed by atoms with Gasteiger partial charge >= 0.3 is 0 Å². The molecule has 24 heavy (non-hydrogen) atoms. The molecule has 1 aliphatic rings. The van der Waals surface area contributed by atoms with Gasteiger partial charge in [-0.15, -0.1) is 0 Å². The second-order valence-electron chi connectivity index (χ2n) is 6.07. The van der Waals surface area contributed by atoms with Gasteiger partial charge in [-0.05, 0) is 19.4 Å². The second kappa shape index (κ2) is 7.59. The predicted octanol–water partition coefficient (Wildman–Crippen LogP) is 1.15. The van der Waals surface area contributed by atoms with Crippen LogP contribution < -0.4 is 10.6 Å². The Morgan fingerprint density at radius 3 is 2.88 bits per heavy atom. The number of hydrogen-bond acceptors (Lipinski definition) is 4. The van der Waals surface area contributed by atoms with Gasteiger partial charge < -0.3 is 15.4 Å². The molecule has 0 saturated carbocycles. The Morgan fingerprint density at radius 1 is 1.38 bits per heavy atom. The Balaban J connectivity index is 1.64. The van der Waals surface area contributed by atoms with Gasteiger partial charge in [0.2, 0.25) is 0 Å². The summed E-state index contributed by atoms with van der Waals surface area (Å²) in [4.78, 5) is 12.2. The van der Waals surface area contributed by atoms with Crippen LogP contribution in [0.4, 0.5) is 0 Å². The van der Waals surface area contributed by atoms with Crippen LogP contribution in [0.5, 0.6) is 0 Å². The molecule has 128 valence electrons. The van der Waals surface area contributed by atoms with Gasteiger partial charge in [0.25, 0.3) is 5.91 Å². The quantitative estimate of drug-likeness (QED) is 0.864. The van der Waals surface area contributed by atoms with Crippen LogP contribution in [-0.4, -0.2) is 41.5 Å². The molecular formula is C18H24N4O2. The number of nitrogens with zero attached hydrogens (tertiary/aromatic N) is 2. The summed E-state index contributed by atoms with van der Waals surface area (Å²) in [6, 6.07) is 10.2. The lowest BCUT2D eigenvalue weighted by Gasteiger charge is -2.22. The molecule has 0 spiro atoms. The largest absolute Gasteiger partial charge is 0.366 e. The van der Waals surface area contributed by atoms with E-state index >= 15 is 0 Å². The van der Waals surface area contributed by atoms with Crippen molar-refractivity contribution in [1.82, 2.24) is 20.4 Å². The van der Waals surface area contributed by atoms with E-state index in [1.165, 1.54) is 5.56 Å². The number of hydrogen-bond donors (Lipinski definition) is 2. The monoisotopic (exact) mass is 328 g/mol. The van der Waals surface area contributed by atoms with Crippen molar-refractivity contribution in [3.63, 3.8) is 0 Å². The smallest absolute Gasteiger partial charge is 0.250 e. The Labute approximate surface area is 142 Å². The van der Waals surface area contributed by atoms with E-state index in [0.717, 1.165) is 30.0 Å². The van der Waals surface area contributed by atoms with Crippen molar-refractivity contribution < 1.29 is 9.53 Å². The number of carbonyl (C=O) groups excluding carboxylic acids is 1. The molecule has 0 radical (unpaired) electrons. The van der Waals surface area contributed by atoms with Gasteiger partial charge in [0.15, 0.2) is 0 Å². The summed E-state index contributed by atoms with van der Waals surface area (Å²) in [7, 11) is 0. The van der Waals surface area contributed by atoms with E-state index in [9.17, 15) is 4.79 Å². The molecule has 1 fully saturated rings. The van der Waals surface area contributed by atoms with Crippen molar-refractivity contribution in [2.45, 2.75) is 33.0 Å². The molecule has 2 N–H and O–H groups in total. The third-order valence-corrected chi connectivity index (χ3v) is 4.37. The molecule has 2 aromatic rings. The maximum absolute atomic E-state index is 12.2. The zero-order valence-corrected chi connectivity index (χ0v) is 14.2. The van der Waals surface area contributed by atoms with Crippen LogP contribution in [0.2, 0.25) is 0 Å². The van der Waals surface area contributed by atoms with Crippen LogP contribution in [0.15, 0.2) is 30.3 Å². The van der Waals surface area contributed by atoms with Crippen LogP contribution in [0.25, 0.3) is 0 Å². The van der Waals surface area contributed by atoms with E-state index in [-0.39, 0.29) is 5.91 Å². The van der Waals surface area contributed by atoms with Gasteiger partial charge in [0.05, 0.1) is 18.8 Å². The van der Waals surface area contributed by atoms with Crippen LogP contribution in [-0.2, 0) is 22.6 Å². The summed E-state index contributed by atoms with van der Waals surface area (Å²) < 4.78 is 7.47. The van der Waals surface area contributed by atoms with E-state index in [1.807, 2.05) is 36.7 Å². The van der Waals surface area contributed by atoms with Gasteiger partial charge in [-0.2, -0.15) is 5.10 Å². The number of carbonyl (C=O) groups is 1. The van der Waals surface area contributed by atoms with E-state index in [2.05, 4.69) is 27.9 Å². The highest BCUT2D eigenvalue weighted by atomic mass is 16.5. The molecule has 1 saturated heterocycles. The number of aromatic nitrogens is 2. The summed E-state index contributed by atoms with van der Waals surface area (Å²) in [5, 5.41) is 10.8. The molecule has 0 aliphatic carbocycles. The minimum atomic E-state index is -0.404. The first-order valence-electron chi connectivity index (χ1n) is 8.32. The van der Waals surface area contributed by atoms with E-state index < -0.39 is 6.10 Å². The SMILES string of the molecule is Cc1nn(Cc2ccccc2)c(C)c1CNC(=O)C1CNCCO1. The molecule has 1 aromatic carbocycles. The number of morpholine rings is 1. The molecule has 0 bridgehead atoms. The summed E-state index contributed by atoms with van der Waals surface area (Å²) in [5.41, 5.74) is 4.31. The first-order valence-corrected chi connectivity index (χ1v) is 8.32. The molecule has 1 aliphatic heterocycles. The summed E-state index contributed by atoms with van der Waals surface area (Å²) in [6.07, 6.45) is -0.404. The van der Waals surface area contributed by atoms with Crippen molar-refractivity contribution in [1.29, 1.82) is 0 Å². The van der Waals surface area contributed by atoms with Crippen LogP contribution in [0.1, 0.15) is 22.5 Å². The third-order valence-electron chi connectivity index (χ3n) is 4.37. The van der Waals surface area contributed by atoms with Crippen molar-refractivity contribution in [2.24, 2.45) is 0 Å². The van der Waals surface area contributed by atoms with Crippen LogP contribution in [0, 0.1) is 13.8 Å². The van der Waals surface area contributed by atoms with E-state index in [1.54, 1.807) is 0 Å². The fraction of sp³-hybridized carbons (Fsp3) is 0.444. The highest BCUT2D eigenvalue weighted by Gasteiger charge is 2.22. The summed E-state index contributed by atoms with van der Waals surface area (Å²) in [5.74, 6) is -0.0724. The molecule has 1 amide bonds. The highest BCUT2D eigenvalue weighted by molar-refractivity contribution is 5.81. The van der Waals surface area contributed by atoms with Crippen molar-refractivity contribution in [3.05, 3.63) is 52.8 Å². The van der Waals surface area contributed by atoms with E-state index in [0.29, 0.717) is 19.7 Å². The average Bonchev–Trinajstić information content (AvgIpc) is 2.88. The molecule has 6 nitrogen and oxygen atoms in total. The molecule has 1 unspecified atom stereocenters. The number of rotatable bonds is 5. The maximum Gasteiger partial charge on any atom is 0.250 e. The molecule has 1 aromatic heterocycles. The number of aryl methyl sites for hydroxylation is 1. The first kappa shape index (κ1) is 16.7. The maximum atomic E-state index is 12.2. The first-order chi connectivity index (χ1) is 11.6. The van der Waals surface area contributed by atoms with Crippen LogP contribution >= 0.6 is 0 Å². The van der Waals surface area contributed by atoms with Gasteiger partial charge in [0, 0.05) is 30.9 Å². The minimum absolute atomic E-state index is 0.0724. The van der Waals surface area contributed by atoms with Gasteiger partial charge in [0.1, 0.15) is 6.10 Å². The summed E-state index contributed by atoms with van der Waals surface area (Å²) >= 11 is 0. The number of benzene rings is 1. The Kier molecular flexibility index (Phi) is 5.27.